The molecule has 1 heterocycles. The van der Waals surface area contributed by atoms with E-state index in [2.05, 4.69) is 48.1 Å². The summed E-state index contributed by atoms with van der Waals surface area (Å²) in [7, 11) is 6.47. The maximum absolute atomic E-state index is 5.78. The Morgan fingerprint density at radius 2 is 2.00 bits per heavy atom. The number of anilines is 1. The van der Waals surface area contributed by atoms with E-state index >= 15 is 0 Å². The molecule has 0 aromatic carbocycles. The predicted octanol–water partition coefficient (Wildman–Crippen LogP) is 2.74. The lowest BCUT2D eigenvalue weighted by atomic mass is 9.75. The van der Waals surface area contributed by atoms with E-state index in [9.17, 15) is 0 Å². The first-order valence-corrected chi connectivity index (χ1v) is 7.00. The van der Waals surface area contributed by atoms with Crippen molar-refractivity contribution < 1.29 is 0 Å². The number of likely N-dealkylation sites (N-methyl/N-ethyl adjacent to an activating group) is 2. The summed E-state index contributed by atoms with van der Waals surface area (Å²) in [6, 6.07) is 4.11. The zero-order chi connectivity index (χ0) is 13.2. The van der Waals surface area contributed by atoms with Crippen LogP contribution in [0, 0.1) is 0 Å². The van der Waals surface area contributed by atoms with Gasteiger partial charge in [-0.1, -0.05) is 6.07 Å². The fourth-order valence-electron chi connectivity index (χ4n) is 2.58. The molecule has 3 nitrogen and oxygen atoms in total. The lowest BCUT2D eigenvalue weighted by molar-refractivity contribution is 0.0682. The van der Waals surface area contributed by atoms with Crippen molar-refractivity contribution >= 4 is 17.4 Å². The minimum atomic E-state index is 0.335. The molecule has 1 aromatic rings. The van der Waals surface area contributed by atoms with Crippen LogP contribution in [-0.4, -0.2) is 43.1 Å². The number of alkyl halides is 1. The minimum Gasteiger partial charge on any atom is -0.358 e. The zero-order valence-corrected chi connectivity index (χ0v) is 12.2. The molecule has 0 spiro atoms. The fourth-order valence-corrected chi connectivity index (χ4v) is 2.73. The van der Waals surface area contributed by atoms with Crippen molar-refractivity contribution in [2.45, 2.75) is 30.7 Å². The van der Waals surface area contributed by atoms with E-state index in [1.54, 1.807) is 0 Å². The van der Waals surface area contributed by atoms with Crippen molar-refractivity contribution in [2.75, 3.05) is 32.6 Å². The van der Waals surface area contributed by atoms with Gasteiger partial charge in [0.2, 0.25) is 0 Å². The lowest BCUT2D eigenvalue weighted by Crippen LogP contribution is -2.56. The first kappa shape index (κ1) is 13.6. The highest BCUT2D eigenvalue weighted by molar-refractivity contribution is 6.17. The van der Waals surface area contributed by atoms with Gasteiger partial charge in [-0.3, -0.25) is 0 Å². The van der Waals surface area contributed by atoms with Gasteiger partial charge in [0.05, 0.1) is 0 Å². The third-order valence-electron chi connectivity index (χ3n) is 4.12. The van der Waals surface area contributed by atoms with Crippen LogP contribution in [0.25, 0.3) is 0 Å². The smallest absolute Gasteiger partial charge is 0.128 e. The molecular weight excluding hydrogens is 246 g/mol. The molecule has 0 N–H and O–H groups in total. The highest BCUT2D eigenvalue weighted by Gasteiger charge is 2.40. The SMILES string of the molecule is CN(CC1(N(C)C)CCC1)c1ccc(CCl)cn1. The Kier molecular flexibility index (Phi) is 4.13. The molecule has 1 aliphatic carbocycles. The molecule has 1 aliphatic rings. The maximum Gasteiger partial charge on any atom is 0.128 e. The van der Waals surface area contributed by atoms with Gasteiger partial charge in [0.15, 0.2) is 0 Å². The topological polar surface area (TPSA) is 19.4 Å². The molecule has 1 saturated carbocycles. The Morgan fingerprint density at radius 1 is 1.28 bits per heavy atom. The van der Waals surface area contributed by atoms with Crippen LogP contribution in [0.2, 0.25) is 0 Å². The monoisotopic (exact) mass is 267 g/mol. The van der Waals surface area contributed by atoms with Gasteiger partial charge in [0.25, 0.3) is 0 Å². The molecule has 4 heteroatoms. The van der Waals surface area contributed by atoms with Crippen molar-refractivity contribution in [1.82, 2.24) is 9.88 Å². The van der Waals surface area contributed by atoms with Crippen LogP contribution in [0.5, 0.6) is 0 Å². The Balaban J connectivity index is 2.04. The molecule has 100 valence electrons. The first-order chi connectivity index (χ1) is 8.57. The van der Waals surface area contributed by atoms with Gasteiger partial charge in [0.1, 0.15) is 5.82 Å². The van der Waals surface area contributed by atoms with Crippen molar-refractivity contribution in [2.24, 2.45) is 0 Å². The fraction of sp³-hybridized carbons (Fsp3) is 0.643. The molecule has 1 aromatic heterocycles. The van der Waals surface area contributed by atoms with Crippen molar-refractivity contribution in [3.05, 3.63) is 23.9 Å². The number of halogens is 1. The third kappa shape index (κ3) is 2.62. The Hall–Kier alpha value is -0.800. The molecule has 0 amide bonds. The van der Waals surface area contributed by atoms with E-state index in [1.165, 1.54) is 19.3 Å². The summed E-state index contributed by atoms with van der Waals surface area (Å²) in [6.07, 6.45) is 5.76. The minimum absolute atomic E-state index is 0.335. The van der Waals surface area contributed by atoms with Gasteiger partial charge >= 0.3 is 0 Å². The van der Waals surface area contributed by atoms with Gasteiger partial charge in [-0.25, -0.2) is 4.98 Å². The van der Waals surface area contributed by atoms with Crippen molar-refractivity contribution in [3.63, 3.8) is 0 Å². The maximum atomic E-state index is 5.78. The van der Waals surface area contributed by atoms with E-state index in [-0.39, 0.29) is 0 Å². The number of pyridine rings is 1. The Morgan fingerprint density at radius 3 is 2.39 bits per heavy atom. The second kappa shape index (κ2) is 5.45. The average molecular weight is 268 g/mol. The first-order valence-electron chi connectivity index (χ1n) is 6.47. The normalized spacial score (nSPS) is 17.6. The Labute approximate surface area is 115 Å². The van der Waals surface area contributed by atoms with Crippen LogP contribution >= 0.6 is 11.6 Å². The largest absolute Gasteiger partial charge is 0.358 e. The summed E-state index contributed by atoms with van der Waals surface area (Å²) < 4.78 is 0. The number of rotatable bonds is 5. The summed E-state index contributed by atoms with van der Waals surface area (Å²) in [6.45, 7) is 1.03. The van der Waals surface area contributed by atoms with Crippen LogP contribution in [0.1, 0.15) is 24.8 Å². The van der Waals surface area contributed by atoms with Crippen LogP contribution in [0.3, 0.4) is 0 Å². The highest BCUT2D eigenvalue weighted by atomic mass is 35.5. The quantitative estimate of drug-likeness (QED) is 0.765. The molecule has 2 rings (SSSR count). The van der Waals surface area contributed by atoms with Crippen LogP contribution in [-0.2, 0) is 5.88 Å². The molecule has 0 saturated heterocycles. The molecule has 18 heavy (non-hydrogen) atoms. The van der Waals surface area contributed by atoms with Gasteiger partial charge in [0, 0.05) is 31.2 Å². The Bertz CT molecular complexity index is 385. The van der Waals surface area contributed by atoms with Crippen LogP contribution in [0.4, 0.5) is 5.82 Å². The summed E-state index contributed by atoms with van der Waals surface area (Å²) in [5.41, 5.74) is 1.40. The molecule has 0 atom stereocenters. The predicted molar refractivity (Wildman–Crippen MR) is 77.3 cm³/mol. The number of hydrogen-bond acceptors (Lipinski definition) is 3. The van der Waals surface area contributed by atoms with E-state index in [0.29, 0.717) is 11.4 Å². The number of nitrogens with zero attached hydrogens (tertiary/aromatic N) is 3. The van der Waals surface area contributed by atoms with Crippen molar-refractivity contribution in [3.8, 4) is 0 Å². The molecular formula is C14H22ClN3. The lowest BCUT2D eigenvalue weighted by Gasteiger charge is -2.49. The highest BCUT2D eigenvalue weighted by Crippen LogP contribution is 2.37. The van der Waals surface area contributed by atoms with Crippen LogP contribution < -0.4 is 4.90 Å². The van der Waals surface area contributed by atoms with Crippen molar-refractivity contribution in [1.29, 1.82) is 0 Å². The zero-order valence-electron chi connectivity index (χ0n) is 11.5. The van der Waals surface area contributed by atoms with E-state index < -0.39 is 0 Å². The average Bonchev–Trinajstić information content (AvgIpc) is 2.33. The second-order valence-electron chi connectivity index (χ2n) is 5.49. The van der Waals surface area contributed by atoms with Gasteiger partial charge < -0.3 is 9.80 Å². The van der Waals surface area contributed by atoms with E-state index in [4.69, 9.17) is 11.6 Å². The summed E-state index contributed by atoms with van der Waals surface area (Å²) in [5.74, 6) is 1.55. The molecule has 0 aliphatic heterocycles. The standard InChI is InChI=1S/C14H22ClN3/c1-17(2)14(7-4-8-14)11-18(3)13-6-5-12(9-15)10-16-13/h5-6,10H,4,7-9,11H2,1-3H3. The van der Waals surface area contributed by atoms with E-state index in [0.717, 1.165) is 17.9 Å². The second-order valence-corrected chi connectivity index (χ2v) is 5.75. The molecule has 0 bridgehead atoms. The van der Waals surface area contributed by atoms with Gasteiger partial charge in [-0.05, 0) is 45.0 Å². The summed E-state index contributed by atoms with van der Waals surface area (Å²) >= 11 is 5.78. The van der Waals surface area contributed by atoms with Gasteiger partial charge in [-0.2, -0.15) is 0 Å². The molecule has 0 radical (unpaired) electrons. The molecule has 1 fully saturated rings. The van der Waals surface area contributed by atoms with Gasteiger partial charge in [-0.15, -0.1) is 11.6 Å². The number of aromatic nitrogens is 1. The van der Waals surface area contributed by atoms with Crippen LogP contribution in [0.15, 0.2) is 18.3 Å². The van der Waals surface area contributed by atoms with E-state index in [1.807, 2.05) is 6.20 Å². The summed E-state index contributed by atoms with van der Waals surface area (Å²) in [4.78, 5) is 9.08. The summed E-state index contributed by atoms with van der Waals surface area (Å²) in [5, 5.41) is 0. The number of hydrogen-bond donors (Lipinski definition) is 0. The molecule has 0 unspecified atom stereocenters. The third-order valence-corrected chi connectivity index (χ3v) is 4.43.